The van der Waals surface area contributed by atoms with Crippen molar-refractivity contribution in [3.8, 4) is 0 Å². The smallest absolute Gasteiger partial charge is 0.224 e. The highest BCUT2D eigenvalue weighted by atomic mass is 16.6. The number of nitrogens with zero attached hydrogens (tertiary/aromatic N) is 3. The van der Waals surface area contributed by atoms with Crippen molar-refractivity contribution >= 4 is 16.9 Å². The molecule has 0 unspecified atom stereocenters. The van der Waals surface area contributed by atoms with Gasteiger partial charge in [-0.2, -0.15) is 0 Å². The second-order valence-electron chi connectivity index (χ2n) is 6.26. The molecule has 3 atom stereocenters. The lowest BCUT2D eigenvalue weighted by Gasteiger charge is -2.40. The zero-order chi connectivity index (χ0) is 17.8. The summed E-state index contributed by atoms with van der Waals surface area (Å²) in [5, 5.41) is 0. The van der Waals surface area contributed by atoms with Gasteiger partial charge in [0.1, 0.15) is 12.2 Å². The van der Waals surface area contributed by atoms with Crippen LogP contribution in [0.15, 0.2) is 30.6 Å². The van der Waals surface area contributed by atoms with E-state index in [2.05, 4.69) is 4.98 Å². The number of hydrogen-bond donors (Lipinski definition) is 0. The second-order valence-corrected chi connectivity index (χ2v) is 6.26. The molecule has 0 aliphatic carbocycles. The second kappa shape index (κ2) is 7.95. The Morgan fingerprint density at radius 1 is 1.32 bits per heavy atom. The maximum absolute atomic E-state index is 12.7. The minimum absolute atomic E-state index is 0.0465. The summed E-state index contributed by atoms with van der Waals surface area (Å²) >= 11 is 0. The number of hydrogen-bond acceptors (Lipinski definition) is 5. The molecule has 0 saturated carbocycles. The summed E-state index contributed by atoms with van der Waals surface area (Å²) in [5.41, 5.74) is 1.97. The number of fused-ring (bicyclic) bond motifs is 1. The van der Waals surface area contributed by atoms with Crippen LogP contribution in [-0.4, -0.2) is 73.1 Å². The van der Waals surface area contributed by atoms with Gasteiger partial charge in [0.25, 0.3) is 0 Å². The molecule has 1 aliphatic heterocycles. The number of carbonyl (C=O) groups excluding carboxylic acids is 1. The maximum Gasteiger partial charge on any atom is 0.224 e. The van der Waals surface area contributed by atoms with Crippen LogP contribution in [0.25, 0.3) is 11.0 Å². The Hall–Kier alpha value is -1.96. The largest absolute Gasteiger partial charge is 0.376 e. The van der Waals surface area contributed by atoms with Crippen LogP contribution >= 0.6 is 0 Å². The summed E-state index contributed by atoms with van der Waals surface area (Å²) in [6, 6.07) is 7.75. The lowest BCUT2D eigenvalue weighted by molar-refractivity contribution is -0.164. The van der Waals surface area contributed by atoms with Crippen molar-refractivity contribution in [2.75, 3.05) is 34.5 Å². The molecular formula is C18H25N3O4. The Labute approximate surface area is 147 Å². The van der Waals surface area contributed by atoms with Crippen LogP contribution in [0.1, 0.15) is 6.42 Å². The minimum atomic E-state index is -0.193. The van der Waals surface area contributed by atoms with Crippen molar-refractivity contribution in [2.24, 2.45) is 0 Å². The summed E-state index contributed by atoms with van der Waals surface area (Å²) in [4.78, 5) is 18.8. The number of benzene rings is 1. The monoisotopic (exact) mass is 347 g/mol. The zero-order valence-corrected chi connectivity index (χ0v) is 14.9. The highest BCUT2D eigenvalue weighted by Crippen LogP contribution is 2.20. The van der Waals surface area contributed by atoms with Gasteiger partial charge in [0, 0.05) is 34.2 Å². The zero-order valence-electron chi connectivity index (χ0n) is 14.9. The average Bonchev–Trinajstić information content (AvgIpc) is 3.07. The molecule has 1 aromatic carbocycles. The van der Waals surface area contributed by atoms with E-state index >= 15 is 0 Å². The average molecular weight is 347 g/mol. The fourth-order valence-corrected chi connectivity index (χ4v) is 3.35. The van der Waals surface area contributed by atoms with E-state index in [1.54, 1.807) is 32.5 Å². The first-order valence-electron chi connectivity index (χ1n) is 8.44. The fraction of sp³-hybridized carbons (Fsp3) is 0.556. The molecule has 2 aromatic rings. The quantitative estimate of drug-likeness (QED) is 0.788. The molecule has 136 valence electrons. The van der Waals surface area contributed by atoms with Crippen LogP contribution in [0.4, 0.5) is 0 Å². The van der Waals surface area contributed by atoms with E-state index < -0.39 is 0 Å². The molecule has 1 amide bonds. The Morgan fingerprint density at radius 2 is 2.12 bits per heavy atom. The van der Waals surface area contributed by atoms with E-state index in [0.717, 1.165) is 11.0 Å². The first kappa shape index (κ1) is 17.8. The van der Waals surface area contributed by atoms with Gasteiger partial charge in [-0.05, 0) is 12.1 Å². The number of methoxy groups -OCH3 is 2. The van der Waals surface area contributed by atoms with E-state index in [4.69, 9.17) is 14.2 Å². The number of likely N-dealkylation sites (N-methyl/N-ethyl adjacent to an activating group) is 1. The van der Waals surface area contributed by atoms with Gasteiger partial charge in [0.2, 0.25) is 5.91 Å². The highest BCUT2D eigenvalue weighted by Gasteiger charge is 2.38. The lowest BCUT2D eigenvalue weighted by atomic mass is 10.0. The standard InChI is InChI=1S/C18H25N3O4/c1-20(15-10-25-11-16(23-2)18(15)24-3)17(22)8-9-21-12-19-13-6-4-5-7-14(13)21/h4-7,12,15-16,18H,8-11H2,1-3H3/t15-,16-,18+/m1/s1. The summed E-state index contributed by atoms with van der Waals surface area (Å²) < 4.78 is 18.6. The van der Waals surface area contributed by atoms with Gasteiger partial charge < -0.3 is 23.7 Å². The van der Waals surface area contributed by atoms with Crippen molar-refractivity contribution in [2.45, 2.75) is 31.2 Å². The number of rotatable bonds is 6. The Balaban J connectivity index is 1.64. The van der Waals surface area contributed by atoms with E-state index in [1.165, 1.54) is 0 Å². The molecule has 7 nitrogen and oxygen atoms in total. The van der Waals surface area contributed by atoms with Gasteiger partial charge >= 0.3 is 0 Å². The predicted molar refractivity (Wildman–Crippen MR) is 93.3 cm³/mol. The molecule has 1 aromatic heterocycles. The molecule has 0 radical (unpaired) electrons. The number of aromatic nitrogens is 2. The fourth-order valence-electron chi connectivity index (χ4n) is 3.35. The summed E-state index contributed by atoms with van der Waals surface area (Å²) in [6.07, 6.45) is 1.81. The topological polar surface area (TPSA) is 65.8 Å². The van der Waals surface area contributed by atoms with Gasteiger partial charge in [0.15, 0.2) is 0 Å². The van der Waals surface area contributed by atoms with E-state index in [-0.39, 0.29) is 24.2 Å². The minimum Gasteiger partial charge on any atom is -0.376 e. The van der Waals surface area contributed by atoms with Gasteiger partial charge in [-0.25, -0.2) is 4.98 Å². The third-order valence-electron chi connectivity index (χ3n) is 4.88. The molecule has 1 fully saturated rings. The van der Waals surface area contributed by atoms with E-state index in [9.17, 15) is 4.79 Å². The highest BCUT2D eigenvalue weighted by molar-refractivity contribution is 5.77. The van der Waals surface area contributed by atoms with Crippen LogP contribution in [0, 0.1) is 0 Å². The van der Waals surface area contributed by atoms with Crippen LogP contribution in [0.5, 0.6) is 0 Å². The van der Waals surface area contributed by atoms with Crippen molar-refractivity contribution in [3.05, 3.63) is 30.6 Å². The van der Waals surface area contributed by atoms with E-state index in [0.29, 0.717) is 26.2 Å². The van der Waals surface area contributed by atoms with E-state index in [1.807, 2.05) is 28.8 Å². The number of imidazole rings is 1. The summed E-state index contributed by atoms with van der Waals surface area (Å²) in [5.74, 6) is 0.0465. The number of ether oxygens (including phenoxy) is 3. The third kappa shape index (κ3) is 3.68. The van der Waals surface area contributed by atoms with Crippen LogP contribution in [0.3, 0.4) is 0 Å². The molecule has 2 heterocycles. The molecule has 0 bridgehead atoms. The van der Waals surface area contributed by atoms with Gasteiger partial charge in [0.05, 0.1) is 36.6 Å². The Morgan fingerprint density at radius 3 is 2.88 bits per heavy atom. The third-order valence-corrected chi connectivity index (χ3v) is 4.88. The van der Waals surface area contributed by atoms with Gasteiger partial charge in [-0.3, -0.25) is 4.79 Å². The van der Waals surface area contributed by atoms with Crippen molar-refractivity contribution in [1.29, 1.82) is 0 Å². The number of para-hydroxylation sites is 2. The Kier molecular flexibility index (Phi) is 5.67. The van der Waals surface area contributed by atoms with Crippen molar-refractivity contribution in [3.63, 3.8) is 0 Å². The number of carbonyl (C=O) groups is 1. The molecule has 1 saturated heterocycles. The first-order valence-corrected chi connectivity index (χ1v) is 8.44. The molecular weight excluding hydrogens is 322 g/mol. The molecule has 0 N–H and O–H groups in total. The van der Waals surface area contributed by atoms with Gasteiger partial charge in [-0.15, -0.1) is 0 Å². The SMILES string of the molecule is CO[C@H]1[C@H](N(C)C(=O)CCn2cnc3ccccc32)COC[C@H]1OC. The number of amides is 1. The molecule has 7 heteroatoms. The van der Waals surface area contributed by atoms with Gasteiger partial charge in [-0.1, -0.05) is 12.1 Å². The van der Waals surface area contributed by atoms with Crippen LogP contribution in [-0.2, 0) is 25.5 Å². The number of aryl methyl sites for hydroxylation is 1. The predicted octanol–water partition coefficient (Wildman–Crippen LogP) is 1.31. The molecule has 0 spiro atoms. The van der Waals surface area contributed by atoms with Crippen LogP contribution in [0.2, 0.25) is 0 Å². The van der Waals surface area contributed by atoms with Crippen molar-refractivity contribution < 1.29 is 19.0 Å². The molecule has 25 heavy (non-hydrogen) atoms. The molecule has 3 rings (SSSR count). The van der Waals surface area contributed by atoms with Crippen molar-refractivity contribution in [1.82, 2.24) is 14.5 Å². The normalized spacial score (nSPS) is 23.7. The summed E-state index contributed by atoms with van der Waals surface area (Å²) in [7, 11) is 5.08. The Bertz CT molecular complexity index is 717. The molecule has 1 aliphatic rings. The van der Waals surface area contributed by atoms with Crippen LogP contribution < -0.4 is 0 Å². The summed E-state index contributed by atoms with van der Waals surface area (Å²) in [6.45, 7) is 1.52. The maximum atomic E-state index is 12.7. The lowest BCUT2D eigenvalue weighted by Crippen LogP contribution is -2.57. The first-order chi connectivity index (χ1) is 12.2.